The number of amides is 2. The number of nitrogens with one attached hydrogen (secondary N) is 1. The molecule has 2 amide bonds. The number of urea groups is 1. The van der Waals surface area contributed by atoms with Gasteiger partial charge in [-0.05, 0) is 12.8 Å². The van der Waals surface area contributed by atoms with Crippen molar-refractivity contribution in [3.05, 3.63) is 0 Å². The van der Waals surface area contributed by atoms with Gasteiger partial charge in [-0.25, -0.2) is 4.79 Å². The summed E-state index contributed by atoms with van der Waals surface area (Å²) in [5.41, 5.74) is 0. The lowest BCUT2D eigenvalue weighted by atomic mass is 10.3. The molecule has 2 fully saturated rings. The van der Waals surface area contributed by atoms with Gasteiger partial charge in [-0.3, -0.25) is 0 Å². The zero-order valence-electron chi connectivity index (χ0n) is 9.23. The van der Waals surface area contributed by atoms with Gasteiger partial charge in [0.25, 0.3) is 0 Å². The minimum atomic E-state index is -0.0000435. The maximum Gasteiger partial charge on any atom is 0.317 e. The minimum absolute atomic E-state index is 0.0000435. The molecule has 1 aliphatic heterocycles. The Labute approximate surface area is 89.7 Å². The number of nitrogens with zero attached hydrogens (tertiary/aromatic N) is 1. The van der Waals surface area contributed by atoms with E-state index in [9.17, 15) is 4.79 Å². The summed E-state index contributed by atoms with van der Waals surface area (Å²) in [6.07, 6.45) is 2.22. The molecule has 0 aromatic rings. The van der Waals surface area contributed by atoms with Crippen LogP contribution < -0.4 is 5.32 Å². The number of ether oxygens (including phenoxy) is 2. The smallest absolute Gasteiger partial charge is 0.317 e. The molecule has 2 atom stereocenters. The third-order valence-electron chi connectivity index (χ3n) is 3.01. The maximum absolute atomic E-state index is 11.7. The van der Waals surface area contributed by atoms with Crippen LogP contribution in [0, 0.1) is 0 Å². The average molecular weight is 214 g/mol. The van der Waals surface area contributed by atoms with E-state index in [1.807, 2.05) is 0 Å². The number of carbonyl (C=O) groups excluding carboxylic acids is 1. The molecule has 2 rings (SSSR count). The van der Waals surface area contributed by atoms with Gasteiger partial charge >= 0.3 is 6.03 Å². The van der Waals surface area contributed by atoms with Crippen LogP contribution in [0.25, 0.3) is 0 Å². The topological polar surface area (TPSA) is 50.8 Å². The number of rotatable bonds is 3. The summed E-state index contributed by atoms with van der Waals surface area (Å²) >= 11 is 0. The predicted molar refractivity (Wildman–Crippen MR) is 54.7 cm³/mol. The number of hydrogen-bond donors (Lipinski definition) is 1. The van der Waals surface area contributed by atoms with Crippen molar-refractivity contribution >= 4 is 6.03 Å². The predicted octanol–water partition coefficient (Wildman–Crippen LogP) is 0.204. The fourth-order valence-electron chi connectivity index (χ4n) is 1.86. The molecule has 1 saturated heterocycles. The van der Waals surface area contributed by atoms with Gasteiger partial charge < -0.3 is 19.7 Å². The summed E-state index contributed by atoms with van der Waals surface area (Å²) < 4.78 is 10.5. The molecule has 0 radical (unpaired) electrons. The first-order valence-corrected chi connectivity index (χ1v) is 5.35. The number of methoxy groups -OCH3 is 2. The van der Waals surface area contributed by atoms with E-state index in [1.165, 1.54) is 0 Å². The van der Waals surface area contributed by atoms with Crippen molar-refractivity contribution in [2.75, 3.05) is 27.3 Å². The lowest BCUT2D eigenvalue weighted by molar-refractivity contribution is -0.00461. The van der Waals surface area contributed by atoms with Gasteiger partial charge in [0, 0.05) is 20.3 Å². The zero-order chi connectivity index (χ0) is 10.8. The van der Waals surface area contributed by atoms with Crippen LogP contribution in [-0.4, -0.2) is 56.5 Å². The monoisotopic (exact) mass is 214 g/mol. The van der Waals surface area contributed by atoms with Crippen molar-refractivity contribution in [1.29, 1.82) is 0 Å². The van der Waals surface area contributed by atoms with Crippen LogP contribution in [-0.2, 0) is 9.47 Å². The zero-order valence-corrected chi connectivity index (χ0v) is 9.23. The molecule has 2 aliphatic rings. The molecule has 5 heteroatoms. The van der Waals surface area contributed by atoms with Crippen molar-refractivity contribution in [1.82, 2.24) is 10.2 Å². The molecule has 0 bridgehead atoms. The molecule has 2 unspecified atom stereocenters. The van der Waals surface area contributed by atoms with Crippen molar-refractivity contribution < 1.29 is 14.3 Å². The Hall–Kier alpha value is -0.810. The Morgan fingerprint density at radius 3 is 2.13 bits per heavy atom. The van der Waals surface area contributed by atoms with E-state index in [2.05, 4.69) is 5.32 Å². The molecular formula is C10H18N2O3. The van der Waals surface area contributed by atoms with Gasteiger partial charge in [0.05, 0.1) is 13.1 Å². The molecule has 1 heterocycles. The summed E-state index contributed by atoms with van der Waals surface area (Å²) in [5, 5.41) is 2.96. The van der Waals surface area contributed by atoms with Gasteiger partial charge in [-0.1, -0.05) is 0 Å². The van der Waals surface area contributed by atoms with Gasteiger partial charge in [-0.2, -0.15) is 0 Å². The third-order valence-corrected chi connectivity index (χ3v) is 3.01. The van der Waals surface area contributed by atoms with Crippen molar-refractivity contribution in [2.45, 2.75) is 31.1 Å². The van der Waals surface area contributed by atoms with Crippen LogP contribution >= 0.6 is 0 Å². The average Bonchev–Trinajstić information content (AvgIpc) is 2.95. The standard InChI is InChI=1S/C10H18N2O3/c1-14-8-5-12(6-9(8)15-2)10(13)11-7-3-4-7/h7-9H,3-6H2,1-2H3,(H,11,13). The summed E-state index contributed by atoms with van der Waals surface area (Å²) in [6, 6.07) is 0.416. The second kappa shape index (κ2) is 4.37. The van der Waals surface area contributed by atoms with Crippen LogP contribution in [0.3, 0.4) is 0 Å². The third kappa shape index (κ3) is 2.41. The molecule has 0 aromatic carbocycles. The van der Waals surface area contributed by atoms with Crippen LogP contribution in [0.5, 0.6) is 0 Å². The highest BCUT2D eigenvalue weighted by atomic mass is 16.5. The van der Waals surface area contributed by atoms with E-state index in [-0.39, 0.29) is 18.2 Å². The van der Waals surface area contributed by atoms with E-state index in [0.29, 0.717) is 19.1 Å². The Balaban J connectivity index is 1.85. The van der Waals surface area contributed by atoms with Crippen molar-refractivity contribution in [3.63, 3.8) is 0 Å². The van der Waals surface area contributed by atoms with E-state index < -0.39 is 0 Å². The largest absolute Gasteiger partial charge is 0.377 e. The van der Waals surface area contributed by atoms with E-state index >= 15 is 0 Å². The van der Waals surface area contributed by atoms with Crippen LogP contribution in [0.1, 0.15) is 12.8 Å². The van der Waals surface area contributed by atoms with Crippen LogP contribution in [0.15, 0.2) is 0 Å². The summed E-state index contributed by atoms with van der Waals surface area (Å²) in [6.45, 7) is 1.24. The van der Waals surface area contributed by atoms with Crippen LogP contribution in [0.2, 0.25) is 0 Å². The SMILES string of the molecule is COC1CN(C(=O)NC2CC2)CC1OC. The minimum Gasteiger partial charge on any atom is -0.377 e. The first kappa shape index (κ1) is 10.7. The summed E-state index contributed by atoms with van der Waals surface area (Å²) in [4.78, 5) is 13.5. The fourth-order valence-corrected chi connectivity index (χ4v) is 1.86. The maximum atomic E-state index is 11.7. The summed E-state index contributed by atoms with van der Waals surface area (Å²) in [7, 11) is 3.30. The van der Waals surface area contributed by atoms with E-state index in [4.69, 9.17) is 9.47 Å². The molecule has 86 valence electrons. The van der Waals surface area contributed by atoms with Gasteiger partial charge in [-0.15, -0.1) is 0 Å². The van der Waals surface area contributed by atoms with E-state index in [1.54, 1.807) is 19.1 Å². The van der Waals surface area contributed by atoms with Crippen LogP contribution in [0.4, 0.5) is 4.79 Å². The Kier molecular flexibility index (Phi) is 3.11. The summed E-state index contributed by atoms with van der Waals surface area (Å²) in [5.74, 6) is 0. The second-order valence-electron chi connectivity index (χ2n) is 4.18. The molecule has 0 aromatic heterocycles. The molecule has 5 nitrogen and oxygen atoms in total. The molecule has 1 N–H and O–H groups in total. The van der Waals surface area contributed by atoms with Gasteiger partial charge in [0.1, 0.15) is 12.2 Å². The number of carbonyl (C=O) groups is 1. The quantitative estimate of drug-likeness (QED) is 0.730. The molecule has 15 heavy (non-hydrogen) atoms. The number of hydrogen-bond acceptors (Lipinski definition) is 3. The Morgan fingerprint density at radius 1 is 1.20 bits per heavy atom. The lowest BCUT2D eigenvalue weighted by Gasteiger charge is -2.16. The highest BCUT2D eigenvalue weighted by Gasteiger charge is 2.36. The normalized spacial score (nSPS) is 30.7. The van der Waals surface area contributed by atoms with E-state index in [0.717, 1.165) is 12.8 Å². The first-order chi connectivity index (χ1) is 7.24. The van der Waals surface area contributed by atoms with Gasteiger partial charge in [0.15, 0.2) is 0 Å². The van der Waals surface area contributed by atoms with Gasteiger partial charge in [0.2, 0.25) is 0 Å². The fraction of sp³-hybridized carbons (Fsp3) is 0.900. The van der Waals surface area contributed by atoms with Crippen molar-refractivity contribution in [2.24, 2.45) is 0 Å². The number of likely N-dealkylation sites (tertiary alicyclic amines) is 1. The molecular weight excluding hydrogens is 196 g/mol. The highest BCUT2D eigenvalue weighted by molar-refractivity contribution is 5.75. The molecule has 0 spiro atoms. The highest BCUT2D eigenvalue weighted by Crippen LogP contribution is 2.21. The first-order valence-electron chi connectivity index (χ1n) is 5.35. The molecule has 1 saturated carbocycles. The second-order valence-corrected chi connectivity index (χ2v) is 4.18. The van der Waals surface area contributed by atoms with Crippen molar-refractivity contribution in [3.8, 4) is 0 Å². The Morgan fingerprint density at radius 2 is 1.73 bits per heavy atom. The molecule has 1 aliphatic carbocycles. The lowest BCUT2D eigenvalue weighted by Crippen LogP contribution is -2.40. The Bertz CT molecular complexity index is 231.